The fourth-order valence-electron chi connectivity index (χ4n) is 1.52. The topological polar surface area (TPSA) is 90.2 Å². The molecule has 1 unspecified atom stereocenters. The van der Waals surface area contributed by atoms with Crippen LogP contribution in [0, 0.1) is 18.3 Å². The van der Waals surface area contributed by atoms with Gasteiger partial charge in [-0.3, -0.25) is 4.79 Å². The number of rotatable bonds is 5. The Bertz CT molecular complexity index is 537. The Morgan fingerprint density at radius 3 is 2.74 bits per heavy atom. The van der Waals surface area contributed by atoms with E-state index >= 15 is 0 Å². The number of thioether (sulfide) groups is 1. The number of hydrogen-bond acceptors (Lipinski definition) is 4. The van der Waals surface area contributed by atoms with E-state index in [-0.39, 0.29) is 5.75 Å². The maximum atomic E-state index is 11.0. The summed E-state index contributed by atoms with van der Waals surface area (Å²) in [5, 5.41) is 20.4. The third-order valence-electron chi connectivity index (χ3n) is 2.40. The van der Waals surface area contributed by atoms with E-state index in [9.17, 15) is 9.59 Å². The van der Waals surface area contributed by atoms with Gasteiger partial charge in [0.25, 0.3) is 0 Å². The van der Waals surface area contributed by atoms with Gasteiger partial charge in [-0.2, -0.15) is 5.26 Å². The molecule has 100 valence electrons. The third kappa shape index (κ3) is 4.30. The summed E-state index contributed by atoms with van der Waals surface area (Å²) in [7, 11) is 0. The normalized spacial score (nSPS) is 11.4. The van der Waals surface area contributed by atoms with Crippen LogP contribution >= 0.6 is 11.8 Å². The molecule has 0 heterocycles. The highest BCUT2D eigenvalue weighted by molar-refractivity contribution is 7.99. The van der Waals surface area contributed by atoms with E-state index in [0.29, 0.717) is 5.56 Å². The minimum absolute atomic E-state index is 0.175. The Labute approximate surface area is 115 Å². The Morgan fingerprint density at radius 1 is 1.53 bits per heavy atom. The second-order valence-electron chi connectivity index (χ2n) is 3.97. The molecule has 1 aromatic carbocycles. The number of hydrogen-bond donors (Lipinski definition) is 2. The van der Waals surface area contributed by atoms with Crippen LogP contribution in [0.2, 0.25) is 0 Å². The molecule has 1 rings (SSSR count). The molecule has 0 saturated carbocycles. The monoisotopic (exact) mass is 278 g/mol. The SMILES string of the molecule is CC(=O)NC(CSc1c(C)cccc1C#N)C(=O)O. The van der Waals surface area contributed by atoms with Gasteiger partial charge in [-0.15, -0.1) is 11.8 Å². The van der Waals surface area contributed by atoms with Crippen molar-refractivity contribution in [1.29, 1.82) is 5.26 Å². The predicted molar refractivity (Wildman–Crippen MR) is 71.9 cm³/mol. The molecule has 0 aliphatic rings. The minimum Gasteiger partial charge on any atom is -0.480 e. The molecule has 1 atom stereocenters. The van der Waals surface area contributed by atoms with Gasteiger partial charge in [-0.1, -0.05) is 12.1 Å². The summed E-state index contributed by atoms with van der Waals surface area (Å²) in [4.78, 5) is 22.7. The molecule has 0 spiro atoms. The highest BCUT2D eigenvalue weighted by atomic mass is 32.2. The van der Waals surface area contributed by atoms with Crippen molar-refractivity contribution in [2.24, 2.45) is 0 Å². The molecule has 5 nitrogen and oxygen atoms in total. The summed E-state index contributed by atoms with van der Waals surface area (Å²) in [6, 6.07) is 6.43. The third-order valence-corrected chi connectivity index (χ3v) is 3.73. The number of nitrogens with zero attached hydrogens (tertiary/aromatic N) is 1. The zero-order valence-electron chi connectivity index (χ0n) is 10.6. The Morgan fingerprint density at radius 2 is 2.21 bits per heavy atom. The van der Waals surface area contributed by atoms with Gasteiger partial charge in [0.2, 0.25) is 5.91 Å². The van der Waals surface area contributed by atoms with E-state index < -0.39 is 17.9 Å². The summed E-state index contributed by atoms with van der Waals surface area (Å²) in [5.41, 5.74) is 1.42. The first kappa shape index (κ1) is 15.1. The van der Waals surface area contributed by atoms with Gasteiger partial charge >= 0.3 is 5.97 Å². The first-order chi connectivity index (χ1) is 8.95. The van der Waals surface area contributed by atoms with Crippen molar-refractivity contribution >= 4 is 23.6 Å². The van der Waals surface area contributed by atoms with Gasteiger partial charge < -0.3 is 10.4 Å². The predicted octanol–water partition coefficient (Wildman–Crippen LogP) is 1.55. The van der Waals surface area contributed by atoms with Crippen LogP contribution in [0.5, 0.6) is 0 Å². The van der Waals surface area contributed by atoms with E-state index in [2.05, 4.69) is 11.4 Å². The maximum Gasteiger partial charge on any atom is 0.327 e. The van der Waals surface area contributed by atoms with Crippen LogP contribution in [0.4, 0.5) is 0 Å². The van der Waals surface area contributed by atoms with E-state index in [1.54, 1.807) is 12.1 Å². The molecule has 2 N–H and O–H groups in total. The number of carbonyl (C=O) groups is 2. The van der Waals surface area contributed by atoms with Crippen molar-refractivity contribution in [3.63, 3.8) is 0 Å². The number of amides is 1. The lowest BCUT2D eigenvalue weighted by Gasteiger charge is -2.14. The highest BCUT2D eigenvalue weighted by Crippen LogP contribution is 2.26. The summed E-state index contributed by atoms with van der Waals surface area (Å²) in [6.07, 6.45) is 0. The second-order valence-corrected chi connectivity index (χ2v) is 5.00. The van der Waals surface area contributed by atoms with Crippen LogP contribution in [-0.4, -0.2) is 28.8 Å². The van der Waals surface area contributed by atoms with Crippen molar-refractivity contribution in [3.8, 4) is 6.07 Å². The first-order valence-corrected chi connectivity index (χ1v) is 6.56. The molecule has 0 radical (unpaired) electrons. The number of carboxylic acids is 1. The van der Waals surface area contributed by atoms with E-state index in [4.69, 9.17) is 10.4 Å². The summed E-state index contributed by atoms with van der Waals surface area (Å²) in [5.74, 6) is -1.30. The standard InChI is InChI=1S/C13H14N2O3S/c1-8-4-3-5-10(6-14)12(8)19-7-11(13(17)18)15-9(2)16/h3-5,11H,7H2,1-2H3,(H,15,16)(H,17,18). The van der Waals surface area contributed by atoms with Crippen molar-refractivity contribution in [3.05, 3.63) is 29.3 Å². The van der Waals surface area contributed by atoms with E-state index in [1.165, 1.54) is 18.7 Å². The largest absolute Gasteiger partial charge is 0.480 e. The molecule has 0 bridgehead atoms. The van der Waals surface area contributed by atoms with Gasteiger partial charge in [0, 0.05) is 17.6 Å². The maximum absolute atomic E-state index is 11.0. The molecule has 0 aliphatic carbocycles. The number of benzene rings is 1. The van der Waals surface area contributed by atoms with Gasteiger partial charge in [-0.05, 0) is 18.6 Å². The second kappa shape index (κ2) is 6.81. The van der Waals surface area contributed by atoms with Crippen molar-refractivity contribution in [2.45, 2.75) is 24.8 Å². The van der Waals surface area contributed by atoms with Gasteiger partial charge in [0.1, 0.15) is 12.1 Å². The first-order valence-electron chi connectivity index (χ1n) is 5.58. The fraction of sp³-hybridized carbons (Fsp3) is 0.308. The average molecular weight is 278 g/mol. The Balaban J connectivity index is 2.83. The van der Waals surface area contributed by atoms with Crippen molar-refractivity contribution in [2.75, 3.05) is 5.75 Å². The molecular weight excluding hydrogens is 264 g/mol. The van der Waals surface area contributed by atoms with Crippen LogP contribution in [-0.2, 0) is 9.59 Å². The van der Waals surface area contributed by atoms with Crippen molar-refractivity contribution < 1.29 is 14.7 Å². The number of aliphatic carboxylic acids is 1. The molecule has 0 fully saturated rings. The van der Waals surface area contributed by atoms with Gasteiger partial charge in [0.05, 0.1) is 5.56 Å². The highest BCUT2D eigenvalue weighted by Gasteiger charge is 2.19. The van der Waals surface area contributed by atoms with Gasteiger partial charge in [-0.25, -0.2) is 4.79 Å². The quantitative estimate of drug-likeness (QED) is 0.797. The minimum atomic E-state index is -1.09. The van der Waals surface area contributed by atoms with Crippen LogP contribution in [0.15, 0.2) is 23.1 Å². The molecule has 1 amide bonds. The number of carboxylic acid groups (broad SMARTS) is 1. The summed E-state index contributed by atoms with van der Waals surface area (Å²) < 4.78 is 0. The average Bonchev–Trinajstić information content (AvgIpc) is 2.34. The number of nitrogens with one attached hydrogen (secondary N) is 1. The molecule has 0 saturated heterocycles. The molecule has 6 heteroatoms. The van der Waals surface area contributed by atoms with Crippen LogP contribution in [0.3, 0.4) is 0 Å². The molecule has 19 heavy (non-hydrogen) atoms. The van der Waals surface area contributed by atoms with E-state index in [1.807, 2.05) is 13.0 Å². The van der Waals surface area contributed by atoms with Crippen LogP contribution in [0.25, 0.3) is 0 Å². The van der Waals surface area contributed by atoms with E-state index in [0.717, 1.165) is 10.5 Å². The molecule has 0 aromatic heterocycles. The molecular formula is C13H14N2O3S. The smallest absolute Gasteiger partial charge is 0.327 e. The lowest BCUT2D eigenvalue weighted by atomic mass is 10.1. The zero-order chi connectivity index (χ0) is 14.4. The fourth-order valence-corrected chi connectivity index (χ4v) is 2.64. The Hall–Kier alpha value is -2.00. The number of aryl methyl sites for hydroxylation is 1. The number of nitriles is 1. The lowest BCUT2D eigenvalue weighted by molar-refractivity contribution is -0.140. The lowest BCUT2D eigenvalue weighted by Crippen LogP contribution is -2.41. The van der Waals surface area contributed by atoms with Crippen LogP contribution in [0.1, 0.15) is 18.1 Å². The van der Waals surface area contributed by atoms with Crippen LogP contribution < -0.4 is 5.32 Å². The Kier molecular flexibility index (Phi) is 5.39. The molecule has 0 aliphatic heterocycles. The summed E-state index contributed by atoms with van der Waals surface area (Å²) in [6.45, 7) is 3.13. The zero-order valence-corrected chi connectivity index (χ0v) is 11.5. The number of carbonyl (C=O) groups excluding carboxylic acids is 1. The molecule has 1 aromatic rings. The van der Waals surface area contributed by atoms with Gasteiger partial charge in [0.15, 0.2) is 0 Å². The summed E-state index contributed by atoms with van der Waals surface area (Å²) >= 11 is 1.26. The van der Waals surface area contributed by atoms with Crippen molar-refractivity contribution in [1.82, 2.24) is 5.32 Å².